The predicted molar refractivity (Wildman–Crippen MR) is 155 cm³/mol. The van der Waals surface area contributed by atoms with Crippen LogP contribution in [0, 0.1) is 0 Å². The molecular weight excluding hydrogens is 526 g/mol. The molecule has 41 heavy (non-hydrogen) atoms. The number of ether oxygens (including phenoxy) is 4. The monoisotopic (exact) mass is 555 g/mol. The first-order valence-corrected chi connectivity index (χ1v) is 12.8. The van der Waals surface area contributed by atoms with Crippen LogP contribution in [0.1, 0.15) is 23.5 Å². The highest BCUT2D eigenvalue weighted by atomic mass is 16.5. The van der Waals surface area contributed by atoms with Crippen LogP contribution < -0.4 is 25.2 Å². The summed E-state index contributed by atoms with van der Waals surface area (Å²) < 4.78 is 28.9. The number of methoxy groups -OCH3 is 4. The first-order chi connectivity index (χ1) is 19.8. The van der Waals surface area contributed by atoms with Gasteiger partial charge in [-0.15, -0.1) is 0 Å². The predicted octanol–water partition coefficient (Wildman–Crippen LogP) is 5.03. The number of benzene rings is 3. The van der Waals surface area contributed by atoms with Gasteiger partial charge in [0.25, 0.3) is 5.56 Å². The summed E-state index contributed by atoms with van der Waals surface area (Å²) in [5.74, 6) is 0.247. The first kappa shape index (κ1) is 27.5. The van der Waals surface area contributed by atoms with Crippen molar-refractivity contribution in [2.45, 2.75) is 12.3 Å². The Hall–Kier alpha value is -5.05. The van der Waals surface area contributed by atoms with Gasteiger partial charge in [0, 0.05) is 30.2 Å². The average molecular weight is 556 g/mol. The third-order valence-corrected chi connectivity index (χ3v) is 7.34. The van der Waals surface area contributed by atoms with E-state index in [4.69, 9.17) is 23.4 Å². The minimum Gasteiger partial charge on any atom is -0.497 e. The molecule has 0 aliphatic heterocycles. The van der Waals surface area contributed by atoms with Crippen molar-refractivity contribution in [1.29, 1.82) is 0 Å². The van der Waals surface area contributed by atoms with Gasteiger partial charge in [-0.1, -0.05) is 12.1 Å². The van der Waals surface area contributed by atoms with Crippen molar-refractivity contribution in [3.8, 4) is 28.4 Å². The Morgan fingerprint density at radius 2 is 1.59 bits per heavy atom. The van der Waals surface area contributed by atoms with E-state index in [9.17, 15) is 14.4 Å². The molecule has 2 aromatic heterocycles. The Kier molecular flexibility index (Phi) is 7.52. The molecule has 0 saturated heterocycles. The highest BCUT2D eigenvalue weighted by Gasteiger charge is 2.30. The van der Waals surface area contributed by atoms with Crippen molar-refractivity contribution in [3.63, 3.8) is 0 Å². The maximum atomic E-state index is 13.8. The number of carbonyl (C=O) groups excluding carboxylic acids is 1. The van der Waals surface area contributed by atoms with Gasteiger partial charge in [0.05, 0.1) is 51.3 Å². The van der Waals surface area contributed by atoms with Crippen LogP contribution in [0.2, 0.25) is 0 Å². The fraction of sp³-hybridized carbons (Fsp3) is 0.219. The molecule has 0 N–H and O–H groups in total. The SMILES string of the molecule is COC(=O)CC(c1cc2ccc(OC)cc2n(C)c1=O)c1c(OC)ccc2c(=O)c(-c3ccc(OC)cc3)coc12. The van der Waals surface area contributed by atoms with E-state index in [1.165, 1.54) is 25.0 Å². The van der Waals surface area contributed by atoms with E-state index < -0.39 is 11.9 Å². The van der Waals surface area contributed by atoms with Gasteiger partial charge in [-0.05, 0) is 53.4 Å². The molecular formula is C32H29NO8. The molecule has 9 heteroatoms. The van der Waals surface area contributed by atoms with E-state index >= 15 is 0 Å². The quantitative estimate of drug-likeness (QED) is 0.246. The van der Waals surface area contributed by atoms with Gasteiger partial charge < -0.3 is 27.9 Å². The normalized spacial score (nSPS) is 11.8. The fourth-order valence-electron chi connectivity index (χ4n) is 5.14. The summed E-state index contributed by atoms with van der Waals surface area (Å²) in [6, 6.07) is 17.5. The Balaban J connectivity index is 1.78. The second-order valence-electron chi connectivity index (χ2n) is 9.49. The lowest BCUT2D eigenvalue weighted by Gasteiger charge is -2.21. The zero-order chi connectivity index (χ0) is 29.3. The Labute approximate surface area is 235 Å². The summed E-state index contributed by atoms with van der Waals surface area (Å²) in [6.45, 7) is 0. The number of hydrogen-bond donors (Lipinski definition) is 0. The zero-order valence-corrected chi connectivity index (χ0v) is 23.3. The average Bonchev–Trinajstić information content (AvgIpc) is 3.01. The molecule has 0 bridgehead atoms. The molecule has 5 aromatic rings. The van der Waals surface area contributed by atoms with Gasteiger partial charge in [-0.3, -0.25) is 14.4 Å². The largest absolute Gasteiger partial charge is 0.497 e. The topological polar surface area (TPSA) is 106 Å². The van der Waals surface area contributed by atoms with Crippen molar-refractivity contribution in [1.82, 2.24) is 4.57 Å². The summed E-state index contributed by atoms with van der Waals surface area (Å²) in [4.78, 5) is 40.2. The van der Waals surface area contributed by atoms with Gasteiger partial charge in [0.2, 0.25) is 5.43 Å². The number of aromatic nitrogens is 1. The summed E-state index contributed by atoms with van der Waals surface area (Å²) in [5.41, 5.74) is 2.03. The van der Waals surface area contributed by atoms with Crippen LogP contribution in [0.5, 0.6) is 17.2 Å². The Bertz CT molecular complexity index is 1890. The summed E-state index contributed by atoms with van der Waals surface area (Å²) in [6.07, 6.45) is 1.20. The number of hydrogen-bond acceptors (Lipinski definition) is 8. The van der Waals surface area contributed by atoms with E-state index in [-0.39, 0.29) is 28.4 Å². The summed E-state index contributed by atoms with van der Waals surface area (Å²) in [5, 5.41) is 1.05. The minimum atomic E-state index is -0.846. The second kappa shape index (κ2) is 11.2. The van der Waals surface area contributed by atoms with Gasteiger partial charge in [0.1, 0.15) is 29.1 Å². The standard InChI is InChI=1S/C32H29NO8/c1-33-26-15-21(38-3)11-8-19(26)14-24(32(33)36)23(16-28(34)40-5)29-27(39-4)13-12-22-30(35)25(17-41-31(22)29)18-6-9-20(37-2)10-7-18/h6-15,17,23H,16H2,1-5H3. The molecule has 9 nitrogen and oxygen atoms in total. The van der Waals surface area contributed by atoms with Gasteiger partial charge in [-0.25, -0.2) is 0 Å². The summed E-state index contributed by atoms with van der Waals surface area (Å²) >= 11 is 0. The molecule has 1 unspecified atom stereocenters. The van der Waals surface area contributed by atoms with Crippen molar-refractivity contribution >= 4 is 27.8 Å². The van der Waals surface area contributed by atoms with Crippen molar-refractivity contribution in [2.75, 3.05) is 28.4 Å². The molecule has 0 aliphatic rings. The van der Waals surface area contributed by atoms with Gasteiger partial charge in [-0.2, -0.15) is 0 Å². The van der Waals surface area contributed by atoms with Crippen molar-refractivity contribution in [3.05, 3.63) is 98.6 Å². The van der Waals surface area contributed by atoms with Crippen molar-refractivity contribution in [2.24, 2.45) is 7.05 Å². The lowest BCUT2D eigenvalue weighted by Crippen LogP contribution is -2.26. The van der Waals surface area contributed by atoms with Crippen LogP contribution in [0.3, 0.4) is 0 Å². The van der Waals surface area contributed by atoms with E-state index in [2.05, 4.69) is 0 Å². The highest BCUT2D eigenvalue weighted by molar-refractivity contribution is 5.88. The zero-order valence-electron chi connectivity index (χ0n) is 23.3. The van der Waals surface area contributed by atoms with Crippen LogP contribution in [0.25, 0.3) is 33.0 Å². The lowest BCUT2D eigenvalue weighted by atomic mass is 9.86. The molecule has 0 saturated carbocycles. The number of fused-ring (bicyclic) bond motifs is 2. The molecule has 0 fully saturated rings. The van der Waals surface area contributed by atoms with Crippen LogP contribution in [-0.4, -0.2) is 39.0 Å². The maximum Gasteiger partial charge on any atom is 0.306 e. The number of rotatable bonds is 8. The van der Waals surface area contributed by atoms with E-state index in [0.29, 0.717) is 45.0 Å². The minimum absolute atomic E-state index is 0.188. The van der Waals surface area contributed by atoms with Crippen LogP contribution in [0.4, 0.5) is 0 Å². The van der Waals surface area contributed by atoms with Crippen LogP contribution >= 0.6 is 0 Å². The van der Waals surface area contributed by atoms with Crippen molar-refractivity contribution < 1.29 is 28.2 Å². The van der Waals surface area contributed by atoms with Gasteiger partial charge >= 0.3 is 5.97 Å². The lowest BCUT2D eigenvalue weighted by molar-refractivity contribution is -0.140. The van der Waals surface area contributed by atoms with E-state index in [1.807, 2.05) is 6.07 Å². The maximum absolute atomic E-state index is 13.8. The number of esters is 1. The highest BCUT2D eigenvalue weighted by Crippen LogP contribution is 2.40. The smallest absolute Gasteiger partial charge is 0.306 e. The fourth-order valence-corrected chi connectivity index (χ4v) is 5.14. The number of carbonyl (C=O) groups is 1. The number of pyridine rings is 1. The first-order valence-electron chi connectivity index (χ1n) is 12.8. The third-order valence-electron chi connectivity index (χ3n) is 7.34. The molecule has 0 radical (unpaired) electrons. The second-order valence-corrected chi connectivity index (χ2v) is 9.49. The third kappa shape index (κ3) is 4.91. The number of aryl methyl sites for hydroxylation is 1. The summed E-state index contributed by atoms with van der Waals surface area (Å²) in [7, 11) is 7.55. The molecule has 0 aliphatic carbocycles. The molecule has 0 amide bonds. The number of nitrogens with zero attached hydrogens (tertiary/aromatic N) is 1. The molecule has 5 rings (SSSR count). The van der Waals surface area contributed by atoms with Crippen LogP contribution in [0.15, 0.2) is 80.9 Å². The molecule has 2 heterocycles. The molecule has 3 aromatic carbocycles. The molecule has 210 valence electrons. The Morgan fingerprint density at radius 1 is 0.878 bits per heavy atom. The molecule has 0 spiro atoms. The van der Waals surface area contributed by atoms with E-state index in [1.54, 1.807) is 75.9 Å². The van der Waals surface area contributed by atoms with Gasteiger partial charge in [0.15, 0.2) is 0 Å². The van der Waals surface area contributed by atoms with E-state index in [0.717, 1.165) is 5.39 Å². The Morgan fingerprint density at radius 3 is 2.24 bits per heavy atom. The van der Waals surface area contributed by atoms with Crippen LogP contribution in [-0.2, 0) is 16.6 Å². The molecule has 1 atom stereocenters.